The molecule has 0 atom stereocenters. The lowest BCUT2D eigenvalue weighted by molar-refractivity contribution is -0.136. The van der Waals surface area contributed by atoms with Crippen LogP contribution in [0.15, 0.2) is 0 Å². The number of rotatable bonds is 2. The standard InChI is InChI=1S/C6H8N2O4/c9-2-1-3-4(10)7-6(12)8-5(3)11/h3,9H,1-2H2,(H2,7,8,10,11,12). The fourth-order valence-electron chi connectivity index (χ4n) is 0.940. The van der Waals surface area contributed by atoms with Crippen LogP contribution in [-0.4, -0.2) is 29.6 Å². The van der Waals surface area contributed by atoms with Crippen molar-refractivity contribution >= 4 is 17.8 Å². The van der Waals surface area contributed by atoms with Crippen molar-refractivity contribution in [3.63, 3.8) is 0 Å². The van der Waals surface area contributed by atoms with Crippen molar-refractivity contribution in [2.75, 3.05) is 6.61 Å². The average molecular weight is 172 g/mol. The van der Waals surface area contributed by atoms with Crippen LogP contribution in [-0.2, 0) is 9.59 Å². The fourth-order valence-corrected chi connectivity index (χ4v) is 0.940. The predicted octanol–water partition coefficient (Wildman–Crippen LogP) is -1.65. The van der Waals surface area contributed by atoms with E-state index in [1.54, 1.807) is 0 Å². The molecule has 0 aromatic carbocycles. The number of nitrogens with one attached hydrogen (secondary N) is 2. The van der Waals surface area contributed by atoms with E-state index in [0.717, 1.165) is 0 Å². The second-order valence-electron chi connectivity index (χ2n) is 2.37. The number of barbiturate groups is 1. The lowest BCUT2D eigenvalue weighted by Gasteiger charge is -2.19. The van der Waals surface area contributed by atoms with Gasteiger partial charge in [-0.1, -0.05) is 0 Å². The van der Waals surface area contributed by atoms with Crippen LogP contribution in [0.25, 0.3) is 0 Å². The highest BCUT2D eigenvalue weighted by Gasteiger charge is 2.33. The molecule has 0 unspecified atom stereocenters. The van der Waals surface area contributed by atoms with Crippen LogP contribution >= 0.6 is 0 Å². The first-order valence-corrected chi connectivity index (χ1v) is 3.41. The number of urea groups is 1. The van der Waals surface area contributed by atoms with Gasteiger partial charge in [0.25, 0.3) is 0 Å². The third kappa shape index (κ3) is 1.59. The van der Waals surface area contributed by atoms with Gasteiger partial charge in [-0.2, -0.15) is 0 Å². The molecule has 0 aliphatic carbocycles. The largest absolute Gasteiger partial charge is 0.396 e. The molecule has 1 saturated heterocycles. The minimum Gasteiger partial charge on any atom is -0.396 e. The van der Waals surface area contributed by atoms with Crippen LogP contribution < -0.4 is 10.6 Å². The lowest BCUT2D eigenvalue weighted by Crippen LogP contribution is -2.55. The van der Waals surface area contributed by atoms with Crippen LogP contribution in [0.2, 0.25) is 0 Å². The molecule has 4 amide bonds. The maximum absolute atomic E-state index is 10.9. The number of hydrogen-bond acceptors (Lipinski definition) is 4. The maximum atomic E-state index is 10.9. The van der Waals surface area contributed by atoms with E-state index in [1.165, 1.54) is 0 Å². The Balaban J connectivity index is 2.67. The van der Waals surface area contributed by atoms with Gasteiger partial charge in [0.15, 0.2) is 0 Å². The molecule has 66 valence electrons. The minimum atomic E-state index is -0.951. The van der Waals surface area contributed by atoms with Gasteiger partial charge in [-0.3, -0.25) is 20.2 Å². The molecule has 0 bridgehead atoms. The zero-order chi connectivity index (χ0) is 9.14. The first kappa shape index (κ1) is 8.66. The molecular weight excluding hydrogens is 164 g/mol. The van der Waals surface area contributed by atoms with Crippen molar-refractivity contribution in [3.8, 4) is 0 Å². The van der Waals surface area contributed by atoms with E-state index >= 15 is 0 Å². The van der Waals surface area contributed by atoms with E-state index in [-0.39, 0.29) is 13.0 Å². The number of carbonyl (C=O) groups is 3. The van der Waals surface area contributed by atoms with Crippen LogP contribution in [0, 0.1) is 5.92 Å². The Labute approximate surface area is 67.9 Å². The topological polar surface area (TPSA) is 95.5 Å². The number of carbonyl (C=O) groups excluding carboxylic acids is 3. The molecule has 6 nitrogen and oxygen atoms in total. The molecule has 0 radical (unpaired) electrons. The quantitative estimate of drug-likeness (QED) is 0.435. The van der Waals surface area contributed by atoms with Gasteiger partial charge in [0, 0.05) is 6.61 Å². The lowest BCUT2D eigenvalue weighted by atomic mass is 10.0. The summed E-state index contributed by atoms with van der Waals surface area (Å²) in [5.74, 6) is -2.26. The van der Waals surface area contributed by atoms with Gasteiger partial charge in [-0.05, 0) is 6.42 Å². The number of aliphatic hydroxyl groups excluding tert-OH is 1. The summed E-state index contributed by atoms with van der Waals surface area (Å²) >= 11 is 0. The van der Waals surface area contributed by atoms with Gasteiger partial charge in [0.2, 0.25) is 11.8 Å². The van der Waals surface area contributed by atoms with Crippen molar-refractivity contribution in [3.05, 3.63) is 0 Å². The van der Waals surface area contributed by atoms with E-state index in [1.807, 2.05) is 10.6 Å². The highest BCUT2D eigenvalue weighted by molar-refractivity contribution is 6.16. The summed E-state index contributed by atoms with van der Waals surface area (Å²) in [5, 5.41) is 12.3. The number of aliphatic hydroxyl groups is 1. The molecule has 1 aliphatic heterocycles. The summed E-state index contributed by atoms with van der Waals surface area (Å²) in [6.45, 7) is -0.264. The van der Waals surface area contributed by atoms with E-state index in [4.69, 9.17) is 5.11 Å². The Bertz CT molecular complexity index is 218. The molecule has 1 fully saturated rings. The molecule has 0 saturated carbocycles. The molecule has 6 heteroatoms. The first-order chi connectivity index (χ1) is 5.65. The second kappa shape index (κ2) is 3.31. The third-order valence-electron chi connectivity index (χ3n) is 1.52. The molecule has 0 spiro atoms. The third-order valence-corrected chi connectivity index (χ3v) is 1.52. The van der Waals surface area contributed by atoms with Gasteiger partial charge in [0.05, 0.1) is 0 Å². The van der Waals surface area contributed by atoms with Crippen LogP contribution in [0.4, 0.5) is 4.79 Å². The molecule has 12 heavy (non-hydrogen) atoms. The molecule has 1 aliphatic rings. The summed E-state index contributed by atoms with van der Waals surface area (Å²) in [7, 11) is 0. The average Bonchev–Trinajstić information content (AvgIpc) is 1.96. The normalized spacial score (nSPS) is 18.9. The van der Waals surface area contributed by atoms with E-state index < -0.39 is 23.8 Å². The summed E-state index contributed by atoms with van der Waals surface area (Å²) < 4.78 is 0. The SMILES string of the molecule is O=C1NC(=O)C(CCO)C(=O)N1. The fraction of sp³-hybridized carbons (Fsp3) is 0.500. The van der Waals surface area contributed by atoms with Gasteiger partial charge in [-0.25, -0.2) is 4.79 Å². The molecule has 1 heterocycles. The van der Waals surface area contributed by atoms with Gasteiger partial charge < -0.3 is 5.11 Å². The van der Waals surface area contributed by atoms with Crippen molar-refractivity contribution in [1.29, 1.82) is 0 Å². The van der Waals surface area contributed by atoms with E-state index in [9.17, 15) is 14.4 Å². The van der Waals surface area contributed by atoms with Gasteiger partial charge in [-0.15, -0.1) is 0 Å². The van der Waals surface area contributed by atoms with Crippen molar-refractivity contribution in [2.45, 2.75) is 6.42 Å². The smallest absolute Gasteiger partial charge is 0.328 e. The van der Waals surface area contributed by atoms with E-state index in [2.05, 4.69) is 0 Å². The molecular formula is C6H8N2O4. The Morgan fingerprint density at radius 1 is 1.17 bits per heavy atom. The van der Waals surface area contributed by atoms with Crippen molar-refractivity contribution in [1.82, 2.24) is 10.6 Å². The second-order valence-corrected chi connectivity index (χ2v) is 2.37. The van der Waals surface area contributed by atoms with Crippen LogP contribution in [0.1, 0.15) is 6.42 Å². The molecule has 3 N–H and O–H groups in total. The monoisotopic (exact) mass is 172 g/mol. The number of hydrogen-bond donors (Lipinski definition) is 3. The first-order valence-electron chi connectivity index (χ1n) is 3.41. The predicted molar refractivity (Wildman–Crippen MR) is 36.9 cm³/mol. The highest BCUT2D eigenvalue weighted by atomic mass is 16.3. The van der Waals surface area contributed by atoms with Crippen molar-refractivity contribution < 1.29 is 19.5 Å². The summed E-state index contributed by atoms with van der Waals surface area (Å²) in [4.78, 5) is 32.3. The zero-order valence-corrected chi connectivity index (χ0v) is 6.16. The summed E-state index contributed by atoms with van der Waals surface area (Å²) in [6, 6.07) is -0.806. The zero-order valence-electron chi connectivity index (χ0n) is 6.16. The number of amides is 4. The molecule has 0 aromatic heterocycles. The van der Waals surface area contributed by atoms with Crippen molar-refractivity contribution in [2.24, 2.45) is 5.92 Å². The summed E-state index contributed by atoms with van der Waals surface area (Å²) in [5.41, 5.74) is 0. The maximum Gasteiger partial charge on any atom is 0.328 e. The Hall–Kier alpha value is -1.43. The summed E-state index contributed by atoms with van der Waals surface area (Å²) in [6.07, 6.45) is 0.0327. The molecule has 0 aromatic rings. The molecule has 1 rings (SSSR count). The van der Waals surface area contributed by atoms with Crippen LogP contribution in [0.3, 0.4) is 0 Å². The Morgan fingerprint density at radius 3 is 2.08 bits per heavy atom. The Kier molecular flexibility index (Phi) is 2.39. The van der Waals surface area contributed by atoms with Gasteiger partial charge >= 0.3 is 6.03 Å². The van der Waals surface area contributed by atoms with E-state index in [0.29, 0.717) is 0 Å². The van der Waals surface area contributed by atoms with Gasteiger partial charge in [0.1, 0.15) is 5.92 Å². The highest BCUT2D eigenvalue weighted by Crippen LogP contribution is 2.05. The number of imide groups is 2. The minimum absolute atomic E-state index is 0.0327. The van der Waals surface area contributed by atoms with Crippen LogP contribution in [0.5, 0.6) is 0 Å². The Morgan fingerprint density at radius 2 is 1.67 bits per heavy atom.